The van der Waals surface area contributed by atoms with Crippen molar-refractivity contribution in [3.63, 3.8) is 0 Å². The predicted octanol–water partition coefficient (Wildman–Crippen LogP) is 1.93. The van der Waals surface area contributed by atoms with Gasteiger partial charge < -0.3 is 19.5 Å². The summed E-state index contributed by atoms with van der Waals surface area (Å²) in [5.74, 6) is 0.289. The number of amides is 1. The number of hydrogen-bond acceptors (Lipinski definition) is 8. The van der Waals surface area contributed by atoms with Gasteiger partial charge in [0.1, 0.15) is 0 Å². The van der Waals surface area contributed by atoms with Crippen molar-refractivity contribution >= 4 is 17.6 Å². The van der Waals surface area contributed by atoms with Gasteiger partial charge in [-0.25, -0.2) is 4.79 Å². The minimum Gasteiger partial charge on any atom is -0.493 e. The Labute approximate surface area is 172 Å². The Morgan fingerprint density at radius 3 is 2.50 bits per heavy atom. The van der Waals surface area contributed by atoms with E-state index in [1.807, 2.05) is 6.07 Å². The molecule has 1 aromatic heterocycles. The number of aromatic nitrogens is 4. The number of rotatable bonds is 8. The number of ether oxygens (including phenoxy) is 3. The summed E-state index contributed by atoms with van der Waals surface area (Å²) in [5, 5.41) is 14.6. The number of nitrogens with one attached hydrogen (secondary N) is 1. The molecule has 0 saturated carbocycles. The van der Waals surface area contributed by atoms with Gasteiger partial charge in [-0.2, -0.15) is 4.80 Å². The molecule has 0 spiro atoms. The highest BCUT2D eigenvalue weighted by atomic mass is 16.5. The van der Waals surface area contributed by atoms with Crippen LogP contribution in [0.1, 0.15) is 6.92 Å². The lowest BCUT2D eigenvalue weighted by Crippen LogP contribution is -2.31. The van der Waals surface area contributed by atoms with Crippen LogP contribution in [0.2, 0.25) is 0 Å². The van der Waals surface area contributed by atoms with Crippen LogP contribution >= 0.6 is 0 Å². The van der Waals surface area contributed by atoms with E-state index in [0.29, 0.717) is 28.6 Å². The van der Waals surface area contributed by atoms with Gasteiger partial charge in [0, 0.05) is 11.3 Å². The zero-order valence-electron chi connectivity index (χ0n) is 16.7. The monoisotopic (exact) mass is 411 g/mol. The molecule has 0 radical (unpaired) electrons. The predicted molar refractivity (Wildman–Crippen MR) is 107 cm³/mol. The Morgan fingerprint density at radius 2 is 1.80 bits per heavy atom. The number of carbonyl (C=O) groups is 2. The van der Waals surface area contributed by atoms with Crippen LogP contribution in [0.25, 0.3) is 11.4 Å². The molecule has 0 aliphatic carbocycles. The zero-order chi connectivity index (χ0) is 21.5. The lowest BCUT2D eigenvalue weighted by atomic mass is 10.2. The summed E-state index contributed by atoms with van der Waals surface area (Å²) >= 11 is 0. The Balaban J connectivity index is 1.59. The molecule has 0 aliphatic heterocycles. The fourth-order valence-electron chi connectivity index (χ4n) is 2.57. The number of nitrogens with zero attached hydrogens (tertiary/aromatic N) is 4. The molecule has 1 N–H and O–H groups in total. The number of hydrogen-bond donors (Lipinski definition) is 1. The Hall–Kier alpha value is -3.95. The number of esters is 1. The highest BCUT2D eigenvalue weighted by Gasteiger charge is 2.19. The molecule has 0 aliphatic rings. The van der Waals surface area contributed by atoms with E-state index in [1.54, 1.807) is 49.6 Å². The molecular weight excluding hydrogens is 390 g/mol. The molecule has 1 amide bonds. The molecule has 2 aromatic carbocycles. The molecule has 1 heterocycles. The Kier molecular flexibility index (Phi) is 6.58. The van der Waals surface area contributed by atoms with Gasteiger partial charge in [-0.15, -0.1) is 10.2 Å². The molecule has 0 unspecified atom stereocenters. The van der Waals surface area contributed by atoms with E-state index in [-0.39, 0.29) is 6.54 Å². The highest BCUT2D eigenvalue weighted by Crippen LogP contribution is 2.30. The average Bonchev–Trinajstić information content (AvgIpc) is 3.22. The first-order chi connectivity index (χ1) is 14.5. The van der Waals surface area contributed by atoms with Crippen molar-refractivity contribution < 1.29 is 23.8 Å². The van der Waals surface area contributed by atoms with Crippen molar-refractivity contribution in [2.45, 2.75) is 19.6 Å². The van der Waals surface area contributed by atoms with Crippen LogP contribution in [0.4, 0.5) is 5.69 Å². The van der Waals surface area contributed by atoms with Crippen LogP contribution in [-0.4, -0.2) is 52.4 Å². The standard InChI is InChI=1S/C20H21N5O5/c1-13(20(27)21-15-7-5-4-6-8-15)30-18(26)12-25-23-19(22-24-25)14-9-10-16(28-2)17(11-14)29-3/h4-11,13H,12H2,1-3H3,(H,21,27)/t13-/m0/s1. The number of carbonyl (C=O) groups excluding carboxylic acids is 2. The van der Waals surface area contributed by atoms with E-state index in [1.165, 1.54) is 14.0 Å². The van der Waals surface area contributed by atoms with Crippen molar-refractivity contribution in [2.75, 3.05) is 19.5 Å². The lowest BCUT2D eigenvalue weighted by Gasteiger charge is -2.13. The van der Waals surface area contributed by atoms with Gasteiger partial charge in [0.05, 0.1) is 14.2 Å². The zero-order valence-corrected chi connectivity index (χ0v) is 16.7. The van der Waals surface area contributed by atoms with E-state index < -0.39 is 18.0 Å². The summed E-state index contributed by atoms with van der Waals surface area (Å²) in [7, 11) is 3.07. The third-order valence-corrected chi connectivity index (χ3v) is 4.08. The molecule has 30 heavy (non-hydrogen) atoms. The van der Waals surface area contributed by atoms with Crippen LogP contribution in [0.3, 0.4) is 0 Å². The van der Waals surface area contributed by atoms with Gasteiger partial charge >= 0.3 is 5.97 Å². The Morgan fingerprint density at radius 1 is 1.07 bits per heavy atom. The third kappa shape index (κ3) is 5.10. The Bertz CT molecular complexity index is 1020. The second-order valence-corrected chi connectivity index (χ2v) is 6.20. The quantitative estimate of drug-likeness (QED) is 0.559. The molecule has 0 saturated heterocycles. The van der Waals surface area contributed by atoms with E-state index in [2.05, 4.69) is 20.7 Å². The molecule has 10 heteroatoms. The minimum absolute atomic E-state index is 0.288. The van der Waals surface area contributed by atoms with Gasteiger partial charge in [-0.3, -0.25) is 4.79 Å². The normalized spacial score (nSPS) is 11.4. The van der Waals surface area contributed by atoms with Crippen LogP contribution in [-0.2, 0) is 20.9 Å². The maximum Gasteiger partial charge on any atom is 0.330 e. The number of methoxy groups -OCH3 is 2. The maximum atomic E-state index is 12.1. The van der Waals surface area contributed by atoms with E-state index in [0.717, 1.165) is 4.80 Å². The largest absolute Gasteiger partial charge is 0.493 e. The first-order valence-electron chi connectivity index (χ1n) is 9.05. The SMILES string of the molecule is COc1ccc(-c2nnn(CC(=O)O[C@@H](C)C(=O)Nc3ccccc3)n2)cc1OC. The summed E-state index contributed by atoms with van der Waals surface area (Å²) in [6, 6.07) is 14.1. The summed E-state index contributed by atoms with van der Waals surface area (Å²) in [5.41, 5.74) is 1.26. The first kappa shape index (κ1) is 20.8. The number of para-hydroxylation sites is 1. The van der Waals surface area contributed by atoms with Crippen LogP contribution < -0.4 is 14.8 Å². The maximum absolute atomic E-state index is 12.1. The summed E-state index contributed by atoms with van der Waals surface area (Å²) in [4.78, 5) is 25.4. The number of benzene rings is 2. The van der Waals surface area contributed by atoms with Gasteiger partial charge in [0.15, 0.2) is 24.1 Å². The van der Waals surface area contributed by atoms with Crippen molar-refractivity contribution in [2.24, 2.45) is 0 Å². The van der Waals surface area contributed by atoms with Crippen molar-refractivity contribution in [3.8, 4) is 22.9 Å². The molecule has 10 nitrogen and oxygen atoms in total. The van der Waals surface area contributed by atoms with Gasteiger partial charge in [-0.05, 0) is 42.5 Å². The smallest absolute Gasteiger partial charge is 0.330 e. The van der Waals surface area contributed by atoms with Crippen LogP contribution in [0.15, 0.2) is 48.5 Å². The molecule has 156 valence electrons. The van der Waals surface area contributed by atoms with Gasteiger partial charge in [-0.1, -0.05) is 18.2 Å². The number of anilines is 1. The van der Waals surface area contributed by atoms with Crippen molar-refractivity contribution in [1.82, 2.24) is 20.2 Å². The van der Waals surface area contributed by atoms with Crippen molar-refractivity contribution in [1.29, 1.82) is 0 Å². The minimum atomic E-state index is -0.980. The summed E-state index contributed by atoms with van der Waals surface area (Å²) in [6.07, 6.45) is -0.980. The van der Waals surface area contributed by atoms with E-state index in [4.69, 9.17) is 14.2 Å². The average molecular weight is 411 g/mol. The van der Waals surface area contributed by atoms with E-state index >= 15 is 0 Å². The van der Waals surface area contributed by atoms with E-state index in [9.17, 15) is 9.59 Å². The molecule has 3 aromatic rings. The van der Waals surface area contributed by atoms with Crippen molar-refractivity contribution in [3.05, 3.63) is 48.5 Å². The summed E-state index contributed by atoms with van der Waals surface area (Å²) < 4.78 is 15.6. The first-order valence-corrected chi connectivity index (χ1v) is 9.05. The fraction of sp³-hybridized carbons (Fsp3) is 0.250. The molecule has 1 atom stereocenters. The molecule has 3 rings (SSSR count). The second kappa shape index (κ2) is 9.50. The molecular formula is C20H21N5O5. The highest BCUT2D eigenvalue weighted by molar-refractivity contribution is 5.95. The van der Waals surface area contributed by atoms with Gasteiger partial charge in [0.2, 0.25) is 5.82 Å². The van der Waals surface area contributed by atoms with Gasteiger partial charge in [0.25, 0.3) is 5.91 Å². The van der Waals surface area contributed by atoms with Crippen LogP contribution in [0.5, 0.6) is 11.5 Å². The molecule has 0 fully saturated rings. The lowest BCUT2D eigenvalue weighted by molar-refractivity contribution is -0.154. The summed E-state index contributed by atoms with van der Waals surface area (Å²) in [6.45, 7) is 1.20. The third-order valence-electron chi connectivity index (χ3n) is 4.08. The fourth-order valence-corrected chi connectivity index (χ4v) is 2.57. The van der Waals surface area contributed by atoms with Crippen LogP contribution in [0, 0.1) is 0 Å². The topological polar surface area (TPSA) is 117 Å². The second-order valence-electron chi connectivity index (χ2n) is 6.20. The molecule has 0 bridgehead atoms. The number of tetrazole rings is 1.